The molecule has 0 saturated heterocycles. The number of aryl methyl sites for hydroxylation is 1. The first-order chi connectivity index (χ1) is 9.67. The minimum absolute atomic E-state index is 0.00112. The maximum atomic E-state index is 11.9. The van der Waals surface area contributed by atoms with Crippen molar-refractivity contribution in [1.82, 2.24) is 10.2 Å². The fourth-order valence-corrected chi connectivity index (χ4v) is 1.93. The average molecular weight is 278 g/mol. The first kappa shape index (κ1) is 16.3. The summed E-state index contributed by atoms with van der Waals surface area (Å²) in [6.45, 7) is 8.82. The molecule has 0 atom stereocenters. The zero-order valence-corrected chi connectivity index (χ0v) is 12.8. The molecule has 0 unspecified atom stereocenters. The van der Waals surface area contributed by atoms with Crippen LogP contribution in [-0.4, -0.2) is 37.2 Å². The molecule has 0 fully saturated rings. The highest BCUT2D eigenvalue weighted by molar-refractivity contribution is 5.74. The molecule has 0 aliphatic carbocycles. The molecule has 1 aromatic carbocycles. The van der Waals surface area contributed by atoms with E-state index in [1.165, 1.54) is 5.56 Å². The van der Waals surface area contributed by atoms with Crippen molar-refractivity contribution in [1.29, 1.82) is 0 Å². The maximum absolute atomic E-state index is 11.9. The van der Waals surface area contributed by atoms with Gasteiger partial charge in [-0.05, 0) is 31.9 Å². The molecular weight excluding hydrogens is 252 g/mol. The van der Waals surface area contributed by atoms with Crippen LogP contribution >= 0.6 is 0 Å². The minimum atomic E-state index is 0.00112. The summed E-state index contributed by atoms with van der Waals surface area (Å²) in [6, 6.07) is 7.91. The third-order valence-electron chi connectivity index (χ3n) is 2.94. The molecule has 0 aliphatic heterocycles. The Kier molecular flexibility index (Phi) is 7.55. The van der Waals surface area contributed by atoms with Gasteiger partial charge in [0.25, 0.3) is 0 Å². The van der Waals surface area contributed by atoms with Crippen molar-refractivity contribution in [3.63, 3.8) is 0 Å². The molecule has 0 radical (unpaired) electrons. The van der Waals surface area contributed by atoms with E-state index in [0.717, 1.165) is 31.7 Å². The van der Waals surface area contributed by atoms with Gasteiger partial charge in [0, 0.05) is 13.1 Å². The fraction of sp³-hybridized carbons (Fsp3) is 0.562. The molecule has 0 aromatic heterocycles. The lowest BCUT2D eigenvalue weighted by atomic mass is 10.2. The van der Waals surface area contributed by atoms with Gasteiger partial charge in [-0.3, -0.25) is 0 Å². The molecule has 1 aromatic rings. The quantitative estimate of drug-likeness (QED) is 0.742. The predicted octanol–water partition coefficient (Wildman–Crippen LogP) is 3.21. The molecule has 0 bridgehead atoms. The van der Waals surface area contributed by atoms with Gasteiger partial charge >= 0.3 is 6.03 Å². The minimum Gasteiger partial charge on any atom is -0.492 e. The van der Waals surface area contributed by atoms with Crippen LogP contribution in [0, 0.1) is 6.92 Å². The molecule has 20 heavy (non-hydrogen) atoms. The van der Waals surface area contributed by atoms with E-state index < -0.39 is 0 Å². The summed E-state index contributed by atoms with van der Waals surface area (Å²) < 4.78 is 5.58. The number of hydrogen-bond acceptors (Lipinski definition) is 2. The number of ether oxygens (including phenoxy) is 1. The Hall–Kier alpha value is -1.71. The Morgan fingerprint density at radius 1 is 1.15 bits per heavy atom. The highest BCUT2D eigenvalue weighted by atomic mass is 16.5. The Balaban J connectivity index is 2.25. The molecule has 2 amide bonds. The van der Waals surface area contributed by atoms with Gasteiger partial charge in [0.15, 0.2) is 0 Å². The fourth-order valence-electron chi connectivity index (χ4n) is 1.93. The van der Waals surface area contributed by atoms with Crippen LogP contribution < -0.4 is 10.1 Å². The van der Waals surface area contributed by atoms with Crippen LogP contribution in [0.15, 0.2) is 24.3 Å². The number of rotatable bonds is 8. The second kappa shape index (κ2) is 9.23. The van der Waals surface area contributed by atoms with Gasteiger partial charge in [0.05, 0.1) is 6.54 Å². The molecule has 1 rings (SSSR count). The largest absolute Gasteiger partial charge is 0.492 e. The summed E-state index contributed by atoms with van der Waals surface area (Å²) in [7, 11) is 0. The van der Waals surface area contributed by atoms with Gasteiger partial charge in [-0.2, -0.15) is 0 Å². The summed E-state index contributed by atoms with van der Waals surface area (Å²) in [4.78, 5) is 13.8. The first-order valence-corrected chi connectivity index (χ1v) is 7.39. The number of hydrogen-bond donors (Lipinski definition) is 1. The monoisotopic (exact) mass is 278 g/mol. The van der Waals surface area contributed by atoms with Gasteiger partial charge in [-0.1, -0.05) is 31.5 Å². The molecule has 112 valence electrons. The van der Waals surface area contributed by atoms with Crippen molar-refractivity contribution in [3.05, 3.63) is 29.8 Å². The van der Waals surface area contributed by atoms with Gasteiger partial charge in [0.2, 0.25) is 0 Å². The van der Waals surface area contributed by atoms with Gasteiger partial charge < -0.3 is 15.0 Å². The van der Waals surface area contributed by atoms with Crippen LogP contribution in [0.25, 0.3) is 0 Å². The average Bonchev–Trinajstić information content (AvgIpc) is 2.45. The third-order valence-corrected chi connectivity index (χ3v) is 2.94. The first-order valence-electron chi connectivity index (χ1n) is 7.39. The number of carbonyl (C=O) groups is 1. The molecule has 4 heteroatoms. The second-order valence-electron chi connectivity index (χ2n) is 4.88. The molecule has 4 nitrogen and oxygen atoms in total. The van der Waals surface area contributed by atoms with E-state index in [4.69, 9.17) is 4.74 Å². The third kappa shape index (κ3) is 5.95. The lowest BCUT2D eigenvalue weighted by Crippen LogP contribution is -2.42. The van der Waals surface area contributed by atoms with E-state index in [-0.39, 0.29) is 6.03 Å². The highest BCUT2D eigenvalue weighted by Gasteiger charge is 2.10. The van der Waals surface area contributed by atoms with Gasteiger partial charge in [0.1, 0.15) is 12.4 Å². The molecule has 0 heterocycles. The van der Waals surface area contributed by atoms with Crippen LogP contribution in [0.3, 0.4) is 0 Å². The van der Waals surface area contributed by atoms with Gasteiger partial charge in [-0.15, -0.1) is 0 Å². The zero-order valence-electron chi connectivity index (χ0n) is 12.8. The predicted molar refractivity (Wildman–Crippen MR) is 82.2 cm³/mol. The van der Waals surface area contributed by atoms with Crippen LogP contribution in [-0.2, 0) is 0 Å². The maximum Gasteiger partial charge on any atom is 0.317 e. The number of amides is 2. The standard InChI is InChI=1S/C16H26N2O2/c1-4-11-18(12-5-2)16(19)17-10-13-20-15-8-6-14(3)7-9-15/h6-9H,4-5,10-13H2,1-3H3,(H,17,19). The lowest BCUT2D eigenvalue weighted by molar-refractivity contribution is 0.194. The van der Waals surface area contributed by atoms with Crippen molar-refractivity contribution in [3.8, 4) is 5.75 Å². The lowest BCUT2D eigenvalue weighted by Gasteiger charge is -2.21. The summed E-state index contributed by atoms with van der Waals surface area (Å²) in [6.07, 6.45) is 1.96. The van der Waals surface area contributed by atoms with E-state index in [9.17, 15) is 4.79 Å². The van der Waals surface area contributed by atoms with E-state index >= 15 is 0 Å². The van der Waals surface area contributed by atoms with Crippen LogP contribution in [0.2, 0.25) is 0 Å². The summed E-state index contributed by atoms with van der Waals surface area (Å²) in [5.41, 5.74) is 1.21. The summed E-state index contributed by atoms with van der Waals surface area (Å²) in [5.74, 6) is 0.837. The summed E-state index contributed by atoms with van der Waals surface area (Å²) >= 11 is 0. The number of nitrogens with zero attached hydrogens (tertiary/aromatic N) is 1. The molecule has 0 spiro atoms. The molecule has 0 aliphatic rings. The van der Waals surface area contributed by atoms with Crippen molar-refractivity contribution in [2.75, 3.05) is 26.2 Å². The SMILES string of the molecule is CCCN(CCC)C(=O)NCCOc1ccc(C)cc1. The van der Waals surface area contributed by atoms with E-state index in [0.29, 0.717) is 13.2 Å². The summed E-state index contributed by atoms with van der Waals surface area (Å²) in [5, 5.41) is 2.90. The van der Waals surface area contributed by atoms with E-state index in [1.54, 1.807) is 0 Å². The van der Waals surface area contributed by atoms with Crippen molar-refractivity contribution < 1.29 is 9.53 Å². The van der Waals surface area contributed by atoms with Crippen molar-refractivity contribution >= 4 is 6.03 Å². The number of nitrogens with one attached hydrogen (secondary N) is 1. The number of urea groups is 1. The smallest absolute Gasteiger partial charge is 0.317 e. The molecular formula is C16H26N2O2. The number of benzene rings is 1. The topological polar surface area (TPSA) is 41.6 Å². The van der Waals surface area contributed by atoms with E-state index in [2.05, 4.69) is 19.2 Å². The van der Waals surface area contributed by atoms with Crippen LogP contribution in [0.1, 0.15) is 32.3 Å². The van der Waals surface area contributed by atoms with Gasteiger partial charge in [-0.25, -0.2) is 4.79 Å². The van der Waals surface area contributed by atoms with Crippen molar-refractivity contribution in [2.24, 2.45) is 0 Å². The second-order valence-corrected chi connectivity index (χ2v) is 4.88. The highest BCUT2D eigenvalue weighted by Crippen LogP contribution is 2.10. The Morgan fingerprint density at radius 2 is 1.75 bits per heavy atom. The number of carbonyl (C=O) groups excluding carboxylic acids is 1. The van der Waals surface area contributed by atoms with Crippen LogP contribution in [0.5, 0.6) is 5.75 Å². The molecule has 0 saturated carbocycles. The normalized spacial score (nSPS) is 10.2. The molecule has 1 N–H and O–H groups in total. The Bertz CT molecular complexity index is 384. The van der Waals surface area contributed by atoms with E-state index in [1.807, 2.05) is 36.1 Å². The Morgan fingerprint density at radius 3 is 2.30 bits per heavy atom. The Labute approximate surface area is 122 Å². The van der Waals surface area contributed by atoms with Crippen molar-refractivity contribution in [2.45, 2.75) is 33.6 Å². The van der Waals surface area contributed by atoms with Crippen LogP contribution in [0.4, 0.5) is 4.79 Å². The zero-order chi connectivity index (χ0) is 14.8.